The lowest BCUT2D eigenvalue weighted by molar-refractivity contribution is 0.698. The molecule has 1 atom stereocenters. The van der Waals surface area contributed by atoms with Crippen molar-refractivity contribution in [2.24, 2.45) is 15.3 Å². The number of nitrogens with zero attached hydrogens (tertiary/aromatic N) is 7. The lowest BCUT2D eigenvalue weighted by Gasteiger charge is -2.20. The number of anilines is 1. The third kappa shape index (κ3) is 4.76. The summed E-state index contributed by atoms with van der Waals surface area (Å²) < 4.78 is 1.97. The molecule has 188 valence electrons. The van der Waals surface area contributed by atoms with Crippen LogP contribution < -0.4 is 5.01 Å². The van der Waals surface area contributed by atoms with E-state index in [0.717, 1.165) is 49.7 Å². The van der Waals surface area contributed by atoms with Gasteiger partial charge in [0.1, 0.15) is 0 Å². The van der Waals surface area contributed by atoms with E-state index < -0.39 is 0 Å². The van der Waals surface area contributed by atoms with Crippen molar-refractivity contribution in [1.82, 2.24) is 14.8 Å². The van der Waals surface area contributed by atoms with Crippen LogP contribution in [0.3, 0.4) is 0 Å². The van der Waals surface area contributed by atoms with Gasteiger partial charge in [-0.25, -0.2) is 14.7 Å². The van der Waals surface area contributed by atoms with E-state index >= 15 is 0 Å². The summed E-state index contributed by atoms with van der Waals surface area (Å²) in [6.45, 7) is 4.05. The highest BCUT2D eigenvalue weighted by Gasteiger charge is 2.34. The first-order valence-electron chi connectivity index (χ1n) is 12.2. The highest BCUT2D eigenvalue weighted by Crippen LogP contribution is 2.43. The molecular weight excluding hydrogens is 514 g/mol. The number of aryl methyl sites for hydroxylation is 1. The van der Waals surface area contributed by atoms with Crippen molar-refractivity contribution in [2.45, 2.75) is 26.3 Å². The van der Waals surface area contributed by atoms with Gasteiger partial charge in [-0.05, 0) is 55.8 Å². The maximum atomic E-state index is 6.15. The standard InChI is InChI=1S/C29H24ClN7S/c1-19-28(34-33-23-9-5-3-6-10-23)38-29(32-19)37-27(17-26(35-37)21-13-15-22(30)16-14-21)25-18-31-36(20(25)2)24-11-7-4-8-12-24/h3-16,18,27H,17H2,1-2H3. The molecule has 0 amide bonds. The third-order valence-corrected chi connectivity index (χ3v) is 7.75. The summed E-state index contributed by atoms with van der Waals surface area (Å²) in [6.07, 6.45) is 2.65. The Balaban J connectivity index is 1.38. The average molecular weight is 538 g/mol. The number of para-hydroxylation sites is 1. The van der Waals surface area contributed by atoms with E-state index in [-0.39, 0.29) is 6.04 Å². The number of hydrogen-bond acceptors (Lipinski definition) is 7. The lowest BCUT2D eigenvalue weighted by atomic mass is 9.99. The van der Waals surface area contributed by atoms with E-state index in [1.165, 1.54) is 11.3 Å². The van der Waals surface area contributed by atoms with Crippen molar-refractivity contribution in [3.8, 4) is 5.69 Å². The molecule has 0 radical (unpaired) electrons. The summed E-state index contributed by atoms with van der Waals surface area (Å²) in [7, 11) is 0. The zero-order valence-electron chi connectivity index (χ0n) is 20.9. The van der Waals surface area contributed by atoms with Gasteiger partial charge in [-0.15, -0.1) is 10.2 Å². The van der Waals surface area contributed by atoms with E-state index in [0.29, 0.717) is 11.4 Å². The summed E-state index contributed by atoms with van der Waals surface area (Å²) in [4.78, 5) is 4.85. The van der Waals surface area contributed by atoms with Gasteiger partial charge in [0.15, 0.2) is 5.00 Å². The number of halogens is 1. The van der Waals surface area contributed by atoms with Crippen LogP contribution in [0.15, 0.2) is 106 Å². The monoisotopic (exact) mass is 537 g/mol. The summed E-state index contributed by atoms with van der Waals surface area (Å²) in [5.74, 6) is 0. The van der Waals surface area contributed by atoms with Crippen molar-refractivity contribution < 1.29 is 0 Å². The lowest BCUT2D eigenvalue weighted by Crippen LogP contribution is -2.19. The Kier molecular flexibility index (Phi) is 6.57. The first-order valence-corrected chi connectivity index (χ1v) is 13.4. The van der Waals surface area contributed by atoms with Crippen LogP contribution in [0, 0.1) is 13.8 Å². The normalized spacial score (nSPS) is 15.4. The Morgan fingerprint density at radius 3 is 2.34 bits per heavy atom. The van der Waals surface area contributed by atoms with E-state index in [1.54, 1.807) is 0 Å². The number of hydrogen-bond donors (Lipinski definition) is 0. The van der Waals surface area contributed by atoms with E-state index in [2.05, 4.69) is 29.3 Å². The van der Waals surface area contributed by atoms with Crippen LogP contribution in [0.25, 0.3) is 5.69 Å². The molecular formula is C29H24ClN7S. The molecule has 3 heterocycles. The summed E-state index contributed by atoms with van der Waals surface area (Å²) in [6, 6.07) is 27.6. The Bertz CT molecular complexity index is 1620. The van der Waals surface area contributed by atoms with Gasteiger partial charge in [0.05, 0.1) is 35.0 Å². The molecule has 0 fully saturated rings. The molecule has 2 aromatic heterocycles. The van der Waals surface area contributed by atoms with Gasteiger partial charge in [-0.2, -0.15) is 10.2 Å². The Labute approximate surface area is 229 Å². The smallest absolute Gasteiger partial charge is 0.208 e. The molecule has 1 unspecified atom stereocenters. The van der Waals surface area contributed by atoms with Crippen LogP contribution in [0.5, 0.6) is 0 Å². The van der Waals surface area contributed by atoms with Gasteiger partial charge in [0.2, 0.25) is 5.13 Å². The average Bonchev–Trinajstić information content (AvgIpc) is 3.65. The third-order valence-electron chi connectivity index (χ3n) is 6.46. The fraction of sp³-hybridized carbons (Fsp3) is 0.138. The molecule has 5 aromatic rings. The number of thiazole rings is 1. The van der Waals surface area contributed by atoms with Gasteiger partial charge in [0, 0.05) is 22.7 Å². The minimum Gasteiger partial charge on any atom is -0.238 e. The van der Waals surface area contributed by atoms with Gasteiger partial charge in [0.25, 0.3) is 0 Å². The molecule has 0 saturated heterocycles. The molecule has 0 spiro atoms. The fourth-order valence-corrected chi connectivity index (χ4v) is 5.51. The Morgan fingerprint density at radius 2 is 1.61 bits per heavy atom. The van der Waals surface area contributed by atoms with Crippen LogP contribution in [0.4, 0.5) is 15.8 Å². The highest BCUT2D eigenvalue weighted by molar-refractivity contribution is 7.19. The Morgan fingerprint density at radius 1 is 0.895 bits per heavy atom. The fourth-order valence-electron chi connectivity index (χ4n) is 4.49. The van der Waals surface area contributed by atoms with Gasteiger partial charge in [-0.1, -0.05) is 71.5 Å². The van der Waals surface area contributed by atoms with Gasteiger partial charge in [-0.3, -0.25) is 0 Å². The van der Waals surface area contributed by atoms with Crippen LogP contribution in [-0.2, 0) is 0 Å². The number of aromatic nitrogens is 3. The second-order valence-electron chi connectivity index (χ2n) is 8.97. The minimum atomic E-state index is -0.0670. The number of benzene rings is 3. The molecule has 0 N–H and O–H groups in total. The van der Waals surface area contributed by atoms with Crippen molar-refractivity contribution in [3.63, 3.8) is 0 Å². The first kappa shape index (κ1) is 24.2. The quantitative estimate of drug-likeness (QED) is 0.204. The maximum Gasteiger partial charge on any atom is 0.208 e. The van der Waals surface area contributed by atoms with Crippen molar-refractivity contribution >= 4 is 44.5 Å². The van der Waals surface area contributed by atoms with E-state index in [1.807, 2.05) is 95.6 Å². The number of hydrazone groups is 1. The number of rotatable bonds is 6. The van der Waals surface area contributed by atoms with Crippen LogP contribution in [-0.4, -0.2) is 20.5 Å². The minimum absolute atomic E-state index is 0.0670. The molecule has 0 aliphatic carbocycles. The predicted octanol–water partition coefficient (Wildman–Crippen LogP) is 8.37. The molecule has 6 rings (SSSR count). The maximum absolute atomic E-state index is 6.15. The summed E-state index contributed by atoms with van der Waals surface area (Å²) in [5.41, 5.74) is 6.81. The predicted molar refractivity (Wildman–Crippen MR) is 154 cm³/mol. The molecule has 38 heavy (non-hydrogen) atoms. The van der Waals surface area contributed by atoms with E-state index in [4.69, 9.17) is 26.8 Å². The molecule has 3 aromatic carbocycles. The van der Waals surface area contributed by atoms with Crippen LogP contribution >= 0.6 is 22.9 Å². The van der Waals surface area contributed by atoms with E-state index in [9.17, 15) is 0 Å². The van der Waals surface area contributed by atoms with Crippen molar-refractivity contribution in [3.05, 3.63) is 119 Å². The van der Waals surface area contributed by atoms with Crippen LogP contribution in [0.1, 0.15) is 35.0 Å². The van der Waals surface area contributed by atoms with Gasteiger partial charge < -0.3 is 0 Å². The highest BCUT2D eigenvalue weighted by atomic mass is 35.5. The zero-order valence-corrected chi connectivity index (χ0v) is 22.4. The second-order valence-corrected chi connectivity index (χ2v) is 10.4. The first-order chi connectivity index (χ1) is 18.6. The molecule has 0 saturated carbocycles. The number of azo groups is 1. The van der Waals surface area contributed by atoms with Gasteiger partial charge >= 0.3 is 0 Å². The van der Waals surface area contributed by atoms with Crippen molar-refractivity contribution in [1.29, 1.82) is 0 Å². The zero-order chi connectivity index (χ0) is 26.1. The summed E-state index contributed by atoms with van der Waals surface area (Å²) >= 11 is 7.64. The molecule has 7 nitrogen and oxygen atoms in total. The summed E-state index contributed by atoms with van der Waals surface area (Å²) in [5, 5.41) is 22.9. The topological polar surface area (TPSA) is 71.0 Å². The van der Waals surface area contributed by atoms with Crippen molar-refractivity contribution in [2.75, 3.05) is 5.01 Å². The molecule has 1 aliphatic heterocycles. The molecule has 0 bridgehead atoms. The van der Waals surface area contributed by atoms with Crippen LogP contribution in [0.2, 0.25) is 5.02 Å². The SMILES string of the molecule is Cc1nc(N2N=C(c3ccc(Cl)cc3)CC2c2cnn(-c3ccccc3)c2C)sc1N=Nc1ccccc1. The Hall–Kier alpha value is -4.14. The molecule has 9 heteroatoms. The largest absolute Gasteiger partial charge is 0.238 e. The molecule has 1 aliphatic rings. The second kappa shape index (κ2) is 10.3.